The van der Waals surface area contributed by atoms with Gasteiger partial charge in [-0.15, -0.1) is 11.3 Å². The molecule has 0 aliphatic heterocycles. The largest absolute Gasteiger partial charge is 0.460 e. The van der Waals surface area contributed by atoms with Gasteiger partial charge in [0.05, 0.1) is 10.6 Å². The van der Waals surface area contributed by atoms with E-state index in [4.69, 9.17) is 27.6 Å². The van der Waals surface area contributed by atoms with Crippen molar-refractivity contribution in [3.8, 4) is 11.3 Å². The molecule has 3 aromatic rings. The molecule has 3 rings (SSSR count). The van der Waals surface area contributed by atoms with Crippen molar-refractivity contribution < 1.29 is 9.21 Å². The van der Waals surface area contributed by atoms with Crippen LogP contribution in [0.25, 0.3) is 11.3 Å². The van der Waals surface area contributed by atoms with Gasteiger partial charge in [-0.2, -0.15) is 0 Å². The van der Waals surface area contributed by atoms with E-state index in [9.17, 15) is 4.79 Å². The topological polar surface area (TPSA) is 55.1 Å². The molecule has 0 aliphatic carbocycles. The van der Waals surface area contributed by atoms with E-state index in [0.717, 1.165) is 0 Å². The van der Waals surface area contributed by atoms with Crippen molar-refractivity contribution in [3.05, 3.63) is 57.2 Å². The maximum atomic E-state index is 12.3. The average Bonchev–Trinajstić information content (AvgIpc) is 3.11. The average molecular weight is 353 g/mol. The van der Waals surface area contributed by atoms with Crippen molar-refractivity contribution in [2.24, 2.45) is 0 Å². The van der Waals surface area contributed by atoms with Gasteiger partial charge in [-0.3, -0.25) is 10.1 Å². The van der Waals surface area contributed by atoms with Gasteiger partial charge in [0, 0.05) is 22.2 Å². The summed E-state index contributed by atoms with van der Waals surface area (Å²) in [5, 5.41) is 6.09. The standard InChI is InChI=1S/C15H10Cl2N2O2S/c1-8-10(14(20)19-15-18-4-5-22-15)7-13(21-8)11-6-9(16)2-3-12(11)17/h2-7H,1H3,(H,18,19,20). The van der Waals surface area contributed by atoms with Crippen molar-refractivity contribution in [3.63, 3.8) is 0 Å². The molecule has 0 bridgehead atoms. The van der Waals surface area contributed by atoms with Crippen molar-refractivity contribution in [1.82, 2.24) is 4.98 Å². The lowest BCUT2D eigenvalue weighted by molar-refractivity contribution is 0.102. The number of furan rings is 1. The summed E-state index contributed by atoms with van der Waals surface area (Å²) in [5.41, 5.74) is 1.08. The van der Waals surface area contributed by atoms with Crippen LogP contribution in [0.3, 0.4) is 0 Å². The summed E-state index contributed by atoms with van der Waals surface area (Å²) in [4.78, 5) is 16.3. The second-order valence-electron chi connectivity index (χ2n) is 4.50. The van der Waals surface area contributed by atoms with Crippen LogP contribution in [0.4, 0.5) is 5.13 Å². The van der Waals surface area contributed by atoms with E-state index in [2.05, 4.69) is 10.3 Å². The minimum atomic E-state index is -0.277. The normalized spacial score (nSPS) is 10.7. The third kappa shape index (κ3) is 3.02. The second kappa shape index (κ2) is 6.12. The number of aromatic nitrogens is 1. The Hall–Kier alpha value is -1.82. The highest BCUT2D eigenvalue weighted by molar-refractivity contribution is 7.13. The first kappa shape index (κ1) is 15.1. The van der Waals surface area contributed by atoms with Crippen LogP contribution in [0.15, 0.2) is 40.3 Å². The molecule has 4 nitrogen and oxygen atoms in total. The summed E-state index contributed by atoms with van der Waals surface area (Å²) < 4.78 is 5.66. The number of carbonyl (C=O) groups is 1. The predicted octanol–water partition coefficient (Wildman–Crippen LogP) is 5.27. The van der Waals surface area contributed by atoms with E-state index in [1.54, 1.807) is 42.8 Å². The van der Waals surface area contributed by atoms with Gasteiger partial charge in [-0.05, 0) is 31.2 Å². The van der Waals surface area contributed by atoms with E-state index in [1.165, 1.54) is 11.3 Å². The number of hydrogen-bond donors (Lipinski definition) is 1. The smallest absolute Gasteiger partial charge is 0.261 e. The number of carbonyl (C=O) groups excluding carboxylic acids is 1. The number of thiazole rings is 1. The lowest BCUT2D eigenvalue weighted by Crippen LogP contribution is -2.11. The van der Waals surface area contributed by atoms with Gasteiger partial charge >= 0.3 is 0 Å². The first-order chi connectivity index (χ1) is 10.5. The van der Waals surface area contributed by atoms with Crippen LogP contribution in [-0.2, 0) is 0 Å². The van der Waals surface area contributed by atoms with Crippen LogP contribution in [0.1, 0.15) is 16.1 Å². The van der Waals surface area contributed by atoms with Crippen LogP contribution in [-0.4, -0.2) is 10.9 Å². The second-order valence-corrected chi connectivity index (χ2v) is 6.23. The Morgan fingerprint density at radius 2 is 2.14 bits per heavy atom. The van der Waals surface area contributed by atoms with Gasteiger partial charge in [0.1, 0.15) is 11.5 Å². The number of hydrogen-bond acceptors (Lipinski definition) is 4. The zero-order valence-corrected chi connectivity index (χ0v) is 13.7. The summed E-state index contributed by atoms with van der Waals surface area (Å²) in [5.74, 6) is 0.718. The molecule has 0 saturated heterocycles. The van der Waals surface area contributed by atoms with Gasteiger partial charge in [-0.25, -0.2) is 4.98 Å². The molecule has 0 radical (unpaired) electrons. The molecule has 0 atom stereocenters. The number of anilines is 1. The molecule has 1 aromatic carbocycles. The monoisotopic (exact) mass is 352 g/mol. The van der Waals surface area contributed by atoms with E-state index >= 15 is 0 Å². The molecule has 0 unspecified atom stereocenters. The number of amides is 1. The number of rotatable bonds is 3. The fourth-order valence-electron chi connectivity index (χ4n) is 1.98. The minimum Gasteiger partial charge on any atom is -0.460 e. The molecule has 1 N–H and O–H groups in total. The molecule has 0 spiro atoms. The Labute approximate surface area is 140 Å². The van der Waals surface area contributed by atoms with E-state index in [1.807, 2.05) is 0 Å². The van der Waals surface area contributed by atoms with E-state index in [-0.39, 0.29) is 5.91 Å². The zero-order valence-electron chi connectivity index (χ0n) is 11.4. The van der Waals surface area contributed by atoms with Crippen LogP contribution in [0, 0.1) is 6.92 Å². The molecule has 7 heteroatoms. The van der Waals surface area contributed by atoms with Gasteiger partial charge in [0.2, 0.25) is 0 Å². The Morgan fingerprint density at radius 1 is 1.32 bits per heavy atom. The van der Waals surface area contributed by atoms with Crippen LogP contribution < -0.4 is 5.32 Å². The highest BCUT2D eigenvalue weighted by Crippen LogP contribution is 2.33. The Kier molecular flexibility index (Phi) is 4.20. The van der Waals surface area contributed by atoms with E-state index in [0.29, 0.717) is 37.8 Å². The molecule has 2 aromatic heterocycles. The fourth-order valence-corrected chi connectivity index (χ4v) is 2.88. The van der Waals surface area contributed by atoms with Crippen molar-refractivity contribution >= 4 is 45.6 Å². The highest BCUT2D eigenvalue weighted by atomic mass is 35.5. The number of aryl methyl sites for hydroxylation is 1. The molecule has 0 saturated carbocycles. The minimum absolute atomic E-state index is 0.277. The summed E-state index contributed by atoms with van der Waals surface area (Å²) in [6.45, 7) is 1.72. The quantitative estimate of drug-likeness (QED) is 0.698. The number of nitrogens with one attached hydrogen (secondary N) is 1. The fraction of sp³-hybridized carbons (Fsp3) is 0.0667. The SMILES string of the molecule is Cc1oc(-c2cc(Cl)ccc2Cl)cc1C(=O)Nc1nccs1. The Morgan fingerprint density at radius 3 is 2.86 bits per heavy atom. The number of benzene rings is 1. The molecule has 0 aliphatic rings. The van der Waals surface area contributed by atoms with Gasteiger partial charge in [-0.1, -0.05) is 23.2 Å². The van der Waals surface area contributed by atoms with Gasteiger partial charge in [0.25, 0.3) is 5.91 Å². The Bertz CT molecular complexity index is 828. The van der Waals surface area contributed by atoms with Crippen LogP contribution in [0.5, 0.6) is 0 Å². The van der Waals surface area contributed by atoms with Crippen LogP contribution >= 0.6 is 34.5 Å². The first-order valence-electron chi connectivity index (χ1n) is 6.31. The van der Waals surface area contributed by atoms with Crippen molar-refractivity contribution in [1.29, 1.82) is 0 Å². The molecule has 1 amide bonds. The lowest BCUT2D eigenvalue weighted by Gasteiger charge is -2.00. The molecule has 22 heavy (non-hydrogen) atoms. The van der Waals surface area contributed by atoms with Crippen molar-refractivity contribution in [2.75, 3.05) is 5.32 Å². The highest BCUT2D eigenvalue weighted by Gasteiger charge is 2.18. The number of nitrogens with zero attached hydrogens (tertiary/aromatic N) is 1. The molecule has 0 fully saturated rings. The molecule has 2 heterocycles. The summed E-state index contributed by atoms with van der Waals surface area (Å²) in [6, 6.07) is 6.73. The predicted molar refractivity (Wildman–Crippen MR) is 89.0 cm³/mol. The molecule has 112 valence electrons. The first-order valence-corrected chi connectivity index (χ1v) is 7.95. The van der Waals surface area contributed by atoms with Gasteiger partial charge in [0.15, 0.2) is 5.13 Å². The lowest BCUT2D eigenvalue weighted by atomic mass is 10.1. The summed E-state index contributed by atoms with van der Waals surface area (Å²) in [6.07, 6.45) is 1.62. The zero-order chi connectivity index (χ0) is 15.7. The van der Waals surface area contributed by atoms with Crippen LogP contribution in [0.2, 0.25) is 10.0 Å². The number of halogens is 2. The summed E-state index contributed by atoms with van der Waals surface area (Å²) in [7, 11) is 0. The summed E-state index contributed by atoms with van der Waals surface area (Å²) >= 11 is 13.5. The van der Waals surface area contributed by atoms with E-state index < -0.39 is 0 Å². The van der Waals surface area contributed by atoms with Gasteiger partial charge < -0.3 is 4.42 Å². The third-order valence-electron chi connectivity index (χ3n) is 3.01. The maximum Gasteiger partial charge on any atom is 0.261 e. The third-order valence-corrected chi connectivity index (χ3v) is 4.26. The van der Waals surface area contributed by atoms with Crippen molar-refractivity contribution in [2.45, 2.75) is 6.92 Å². The maximum absolute atomic E-state index is 12.3. The molecular formula is C15H10Cl2N2O2S. The Balaban J connectivity index is 1.93. The molecular weight excluding hydrogens is 343 g/mol.